The molecule has 10 nitrogen and oxygen atoms in total. The third-order valence-electron chi connectivity index (χ3n) is 29.5. The van der Waals surface area contributed by atoms with Crippen molar-refractivity contribution in [3.8, 4) is 0 Å². The van der Waals surface area contributed by atoms with Crippen LogP contribution >= 0.6 is 0 Å². The molecule has 32 rings (SSSR count). The van der Waals surface area contributed by atoms with Crippen LogP contribution in [0.3, 0.4) is 0 Å². The van der Waals surface area contributed by atoms with Crippen LogP contribution in [0.5, 0.6) is 0 Å². The van der Waals surface area contributed by atoms with Crippen LogP contribution in [0.1, 0.15) is 87.7 Å². The third kappa shape index (κ3) is 4.12. The normalized spacial score (nSPS) is 25.3. The first-order valence-corrected chi connectivity index (χ1v) is 34.2. The highest BCUT2D eigenvalue weighted by molar-refractivity contribution is 6.77. The molecule has 0 saturated heterocycles. The molecule has 105 heavy (non-hydrogen) atoms. The van der Waals surface area contributed by atoms with E-state index < -0.39 is 159 Å². The first-order chi connectivity index (χ1) is 49.8. The lowest BCUT2D eigenvalue weighted by atomic mass is 9.41. The standard InChI is InChI=1S/C80H21F15O10/c81-76(82,83)6-101-11(96)1-71-56-46-36-26-21-16-17-19-20-18(16)23-30-28(21)38(36)48-50-40(30)42-32(23)34-25(20)35-33-24(19)31-29-22(17)27(26)37-39(29)49-51-41(31)43(33)53-55-45(35)44(34)54-52(42)62-60(50)72(58(48)56,2-12(97)102-7-77(84,85)86)67-66(71)68-70-69(67)74(62,4-14(99)104-9-79(90,91)92)64(54)65(55)75(70,5-15(100)105-10-80(93,94)95)63(53)61(51)73(68,59(49)57(71)47(37)46)3-13(98)103-8-78(87,88)89/h66H,1-10H2. The number of benzene rings is 15. The molecule has 0 radical (unpaired) electrons. The lowest BCUT2D eigenvalue weighted by Gasteiger charge is -2.59. The summed E-state index contributed by atoms with van der Waals surface area (Å²) in [6.07, 6.45) is -31.3. The van der Waals surface area contributed by atoms with Gasteiger partial charge in [0.15, 0.2) is 33.0 Å². The summed E-state index contributed by atoms with van der Waals surface area (Å²) in [4.78, 5) is 80.3. The highest BCUT2D eigenvalue weighted by atomic mass is 19.4. The molecule has 0 fully saturated rings. The number of esters is 5. The zero-order chi connectivity index (χ0) is 70.2. The van der Waals surface area contributed by atoms with Crippen molar-refractivity contribution >= 4 is 245 Å². The Balaban J connectivity index is 0.945. The molecule has 0 aliphatic heterocycles. The summed E-state index contributed by atoms with van der Waals surface area (Å²) < 4.78 is 252. The second-order valence-corrected chi connectivity index (χ2v) is 32.6. The van der Waals surface area contributed by atoms with Crippen molar-refractivity contribution in [2.75, 3.05) is 33.0 Å². The fraction of sp³-hybridized carbons (Fsp3) is 0.263. The van der Waals surface area contributed by atoms with Gasteiger partial charge in [-0.05, 0) is 293 Å². The molecule has 11 aliphatic rings. The monoisotopic (exact) mass is 1430 g/mol. The minimum Gasteiger partial charge on any atom is -0.456 e. The maximum Gasteiger partial charge on any atom is 0.422 e. The van der Waals surface area contributed by atoms with E-state index in [1.807, 2.05) is 0 Å². The van der Waals surface area contributed by atoms with Gasteiger partial charge in [0.05, 0.1) is 53.8 Å². The summed E-state index contributed by atoms with van der Waals surface area (Å²) in [5.41, 5.74) is -9.37. The van der Waals surface area contributed by atoms with E-state index in [4.69, 9.17) is 23.7 Å². The Hall–Kier alpha value is -10.7. The van der Waals surface area contributed by atoms with Crippen molar-refractivity contribution in [2.24, 2.45) is 5.92 Å². The average Bonchev–Trinajstić information content (AvgIpc) is 1.37. The Labute approximate surface area is 563 Å². The van der Waals surface area contributed by atoms with E-state index in [0.717, 1.165) is 108 Å². The number of carbonyl (C=O) groups is 5. The van der Waals surface area contributed by atoms with Gasteiger partial charge in [-0.15, -0.1) is 0 Å². The van der Waals surface area contributed by atoms with Crippen LogP contribution in [0, 0.1) is 5.92 Å². The van der Waals surface area contributed by atoms with Gasteiger partial charge >= 0.3 is 60.7 Å². The molecular weight excluding hydrogens is 1410 g/mol. The highest BCUT2D eigenvalue weighted by Crippen LogP contribution is 2.92. The SMILES string of the molecule is O=C(CC12C3=C4C5C6=C3C3(CC(=O)OCC(F)(F)F)c7c1c1c8c2c2c9c%10c(c%11c%12c%13c(c%14c%15c%16c(c3c3c7c7c1c1c%17c8c9c8c9c%10c%12c%10c%12c%13c%15c%13c%15c%16c3c3c7c1c1c(c%178)c(c9%10)c(c%13%12)c1c3%15)C6%14CC(=O)OCC(F)(F)F)C%115CC(=O)OCC(F)(F)F)C42CC(=O)OCC(F)(F)F)OCC(F)(F)F. The van der Waals surface area contributed by atoms with Crippen LogP contribution in [-0.4, -0.2) is 93.8 Å². The summed E-state index contributed by atoms with van der Waals surface area (Å²) in [6.45, 7) is -10.7. The Morgan fingerprint density at radius 1 is 0.219 bits per heavy atom. The number of carbonyl (C=O) groups excluding carboxylic acids is 5. The van der Waals surface area contributed by atoms with Crippen LogP contribution in [0.2, 0.25) is 0 Å². The molecule has 0 spiro atoms. The number of hydrogen-bond donors (Lipinski definition) is 0. The second kappa shape index (κ2) is 13.3. The number of ether oxygens (including phenoxy) is 5. The van der Waals surface area contributed by atoms with Gasteiger partial charge in [-0.25, -0.2) is 0 Å². The Kier molecular flexibility index (Phi) is 6.73. The van der Waals surface area contributed by atoms with Gasteiger partial charge in [0.2, 0.25) is 0 Å². The van der Waals surface area contributed by atoms with Crippen LogP contribution in [-0.2, 0) is 74.7 Å². The average molecular weight is 1430 g/mol. The smallest absolute Gasteiger partial charge is 0.422 e. The van der Waals surface area contributed by atoms with E-state index in [1.54, 1.807) is 0 Å². The fourth-order valence-electron chi connectivity index (χ4n) is 29.0. The molecule has 21 aromatic carbocycles. The Morgan fingerprint density at radius 3 is 0.571 bits per heavy atom. The topological polar surface area (TPSA) is 132 Å². The van der Waals surface area contributed by atoms with Crippen LogP contribution < -0.4 is 0 Å². The fourth-order valence-corrected chi connectivity index (χ4v) is 29.0. The maximum absolute atomic E-state index is 16.1. The predicted octanol–water partition coefficient (Wildman–Crippen LogP) is 18.4. The Morgan fingerprint density at radius 2 is 0.371 bits per heavy atom. The first kappa shape index (κ1) is 53.1. The number of alkyl halides is 15. The van der Waals surface area contributed by atoms with Crippen LogP contribution in [0.4, 0.5) is 65.9 Å². The molecule has 0 heterocycles. The molecule has 11 aliphatic carbocycles. The van der Waals surface area contributed by atoms with Crippen molar-refractivity contribution in [1.82, 2.24) is 0 Å². The summed E-state index contributed by atoms with van der Waals surface area (Å²) in [7, 11) is 0. The van der Waals surface area contributed by atoms with Crippen molar-refractivity contribution in [3.05, 3.63) is 77.9 Å². The zero-order valence-corrected chi connectivity index (χ0v) is 51.9. The molecule has 25 heteroatoms. The van der Waals surface area contributed by atoms with E-state index in [0.29, 0.717) is 108 Å². The maximum atomic E-state index is 16.1. The van der Waals surface area contributed by atoms with E-state index in [2.05, 4.69) is 0 Å². The molecule has 4 unspecified atom stereocenters. The molecular formula is C80H21F15O10. The summed E-state index contributed by atoms with van der Waals surface area (Å²) >= 11 is 0. The van der Waals surface area contributed by atoms with Crippen molar-refractivity contribution in [3.63, 3.8) is 0 Å². The van der Waals surface area contributed by atoms with Gasteiger partial charge in [-0.3, -0.25) is 24.0 Å². The third-order valence-corrected chi connectivity index (χ3v) is 29.5. The van der Waals surface area contributed by atoms with Gasteiger partial charge in [-0.1, -0.05) is 0 Å². The van der Waals surface area contributed by atoms with Crippen molar-refractivity contribution in [1.29, 1.82) is 0 Å². The number of hydrogen-bond acceptors (Lipinski definition) is 10. The molecule has 506 valence electrons. The van der Waals surface area contributed by atoms with E-state index in [-0.39, 0.29) is 77.9 Å². The lowest BCUT2D eigenvalue weighted by molar-refractivity contribution is -0.187. The van der Waals surface area contributed by atoms with Gasteiger partial charge in [-0.2, -0.15) is 65.9 Å². The minimum absolute atomic E-state index is 0.0234. The molecule has 0 bridgehead atoms. The van der Waals surface area contributed by atoms with E-state index in [9.17, 15) is 0 Å². The summed E-state index contributed by atoms with van der Waals surface area (Å²) in [6, 6.07) is 0. The van der Waals surface area contributed by atoms with E-state index in [1.165, 1.54) is 0 Å². The highest BCUT2D eigenvalue weighted by Gasteiger charge is 2.83. The van der Waals surface area contributed by atoms with Crippen molar-refractivity contribution in [2.45, 2.75) is 90.1 Å². The molecule has 0 aromatic heterocycles. The predicted molar refractivity (Wildman–Crippen MR) is 348 cm³/mol. The first-order valence-electron chi connectivity index (χ1n) is 34.2. The quantitative estimate of drug-likeness (QED) is 0.0423. The molecule has 0 amide bonds. The zero-order valence-electron chi connectivity index (χ0n) is 51.9. The number of halogens is 15. The van der Waals surface area contributed by atoms with Crippen LogP contribution in [0.15, 0.2) is 22.3 Å². The lowest BCUT2D eigenvalue weighted by Crippen LogP contribution is -2.57. The number of rotatable bonds is 15. The molecule has 21 aromatic rings. The molecule has 4 atom stereocenters. The second-order valence-electron chi connectivity index (χ2n) is 32.6. The Bertz CT molecular complexity index is 7770. The minimum atomic E-state index is -5.18. The van der Waals surface area contributed by atoms with Gasteiger partial charge in [0.1, 0.15) is 0 Å². The molecule has 0 saturated carbocycles. The van der Waals surface area contributed by atoms with Gasteiger partial charge in [0.25, 0.3) is 0 Å². The van der Waals surface area contributed by atoms with E-state index >= 15 is 89.8 Å². The summed E-state index contributed by atoms with van der Waals surface area (Å²) in [5, 5.41) is 27.6. The van der Waals surface area contributed by atoms with Crippen LogP contribution in [0.25, 0.3) is 215 Å². The van der Waals surface area contributed by atoms with Crippen molar-refractivity contribution < 1.29 is 114 Å². The molecule has 0 N–H and O–H groups in total. The summed E-state index contributed by atoms with van der Waals surface area (Å²) in [5.74, 6) is -9.20. The number of allylic oxidation sites excluding steroid dienone is 4. The van der Waals surface area contributed by atoms with Gasteiger partial charge < -0.3 is 23.7 Å². The largest absolute Gasteiger partial charge is 0.456 e. The van der Waals surface area contributed by atoms with Gasteiger partial charge in [0, 0.05) is 11.3 Å².